The molecular weight excluding hydrogens is 340 g/mol. The van der Waals surface area contributed by atoms with Gasteiger partial charge in [-0.05, 0) is 11.0 Å². The van der Waals surface area contributed by atoms with Gasteiger partial charge >= 0.3 is 11.8 Å². The lowest BCUT2D eigenvalue weighted by Crippen LogP contribution is -2.55. The van der Waals surface area contributed by atoms with Crippen LogP contribution in [0, 0.1) is 10.1 Å². The molecule has 2 aliphatic heterocycles. The molecule has 10 heteroatoms. The number of imidazole rings is 1. The third-order valence-electron chi connectivity index (χ3n) is 4.79. The molecule has 0 saturated carbocycles. The van der Waals surface area contributed by atoms with E-state index in [2.05, 4.69) is 4.98 Å². The average Bonchev–Trinajstić information content (AvgIpc) is 3.08. The Morgan fingerprint density at radius 2 is 1.77 bits per heavy atom. The molecule has 2 saturated heterocycles. The molecule has 138 valence electrons. The summed E-state index contributed by atoms with van der Waals surface area (Å²) >= 11 is 0. The number of urea groups is 1. The zero-order chi connectivity index (χ0) is 18.1. The third-order valence-corrected chi connectivity index (χ3v) is 4.79. The van der Waals surface area contributed by atoms with Gasteiger partial charge in [-0.15, -0.1) is 0 Å². The van der Waals surface area contributed by atoms with Gasteiger partial charge in [0.1, 0.15) is 0 Å². The van der Waals surface area contributed by atoms with Crippen LogP contribution >= 0.6 is 0 Å². The van der Waals surface area contributed by atoms with Crippen LogP contribution in [0.25, 0.3) is 5.65 Å². The molecule has 0 radical (unpaired) electrons. The zero-order valence-corrected chi connectivity index (χ0v) is 14.3. The van der Waals surface area contributed by atoms with E-state index in [1.807, 2.05) is 4.90 Å². The number of pyridine rings is 1. The molecule has 2 aromatic heterocycles. The number of carbonyl (C=O) groups is 1. The molecular formula is C16H20N6O4. The SMILES string of the molecule is O=C(N1CCOCC1)N1CCN(c2nc3ccccn3c2[N+](=O)[O-])CC1. The smallest absolute Gasteiger partial charge is 0.372 e. The lowest BCUT2D eigenvalue weighted by molar-refractivity contribution is -0.389. The van der Waals surface area contributed by atoms with Crippen LogP contribution in [0.2, 0.25) is 0 Å². The van der Waals surface area contributed by atoms with Crippen molar-refractivity contribution >= 4 is 23.3 Å². The molecule has 0 spiro atoms. The highest BCUT2D eigenvalue weighted by Gasteiger charge is 2.31. The Kier molecular flexibility index (Phi) is 4.33. The van der Waals surface area contributed by atoms with Crippen LogP contribution in [0.3, 0.4) is 0 Å². The first kappa shape index (κ1) is 16.6. The number of piperazine rings is 1. The quantitative estimate of drug-likeness (QED) is 0.581. The number of nitro groups is 1. The Balaban J connectivity index is 1.50. The normalized spacial score (nSPS) is 18.4. The predicted octanol–water partition coefficient (Wildman–Crippen LogP) is 0.817. The van der Waals surface area contributed by atoms with Gasteiger partial charge in [0.2, 0.25) is 11.5 Å². The van der Waals surface area contributed by atoms with Crippen LogP contribution in [0.15, 0.2) is 24.4 Å². The molecule has 4 rings (SSSR count). The molecule has 26 heavy (non-hydrogen) atoms. The first-order valence-electron chi connectivity index (χ1n) is 8.63. The third kappa shape index (κ3) is 2.92. The van der Waals surface area contributed by atoms with Crippen LogP contribution in [0.4, 0.5) is 16.4 Å². The Hall–Kier alpha value is -2.88. The maximum absolute atomic E-state index is 12.6. The minimum absolute atomic E-state index is 0.0115. The van der Waals surface area contributed by atoms with E-state index >= 15 is 0 Å². The van der Waals surface area contributed by atoms with Crippen molar-refractivity contribution < 1.29 is 14.5 Å². The van der Waals surface area contributed by atoms with Gasteiger partial charge < -0.3 is 29.6 Å². The topological polar surface area (TPSA) is 96.5 Å². The van der Waals surface area contributed by atoms with Crippen molar-refractivity contribution in [2.75, 3.05) is 57.4 Å². The second-order valence-corrected chi connectivity index (χ2v) is 6.30. The van der Waals surface area contributed by atoms with E-state index in [9.17, 15) is 14.9 Å². The summed E-state index contributed by atoms with van der Waals surface area (Å²) in [6, 6.07) is 5.30. The van der Waals surface area contributed by atoms with E-state index in [1.54, 1.807) is 34.2 Å². The summed E-state index contributed by atoms with van der Waals surface area (Å²) in [5, 5.41) is 11.6. The summed E-state index contributed by atoms with van der Waals surface area (Å²) < 4.78 is 6.77. The predicted molar refractivity (Wildman–Crippen MR) is 93.4 cm³/mol. The number of hydrogen-bond acceptors (Lipinski definition) is 6. The fourth-order valence-corrected chi connectivity index (χ4v) is 3.42. The Morgan fingerprint density at radius 1 is 1.08 bits per heavy atom. The number of anilines is 1. The van der Waals surface area contributed by atoms with E-state index in [0.717, 1.165) is 0 Å². The number of rotatable bonds is 2. The number of hydrogen-bond donors (Lipinski definition) is 0. The molecule has 0 N–H and O–H groups in total. The zero-order valence-electron chi connectivity index (χ0n) is 14.3. The molecule has 2 amide bonds. The van der Waals surface area contributed by atoms with Crippen LogP contribution < -0.4 is 4.90 Å². The van der Waals surface area contributed by atoms with E-state index in [0.29, 0.717) is 63.9 Å². The van der Waals surface area contributed by atoms with Gasteiger partial charge in [0.25, 0.3) is 0 Å². The largest absolute Gasteiger partial charge is 0.378 e. The average molecular weight is 360 g/mol. The van der Waals surface area contributed by atoms with Crippen molar-refractivity contribution in [3.8, 4) is 0 Å². The van der Waals surface area contributed by atoms with Crippen molar-refractivity contribution in [1.82, 2.24) is 19.2 Å². The standard InChI is InChI=1S/C16H20N6O4/c23-16(20-9-11-26-12-10-20)19-7-5-18(6-8-19)14-15(22(24)25)21-4-2-1-3-13(21)17-14/h1-4H,5-12H2. The molecule has 4 heterocycles. The number of aromatic nitrogens is 2. The van der Waals surface area contributed by atoms with Crippen molar-refractivity contribution in [3.63, 3.8) is 0 Å². The summed E-state index contributed by atoms with van der Waals surface area (Å²) in [6.45, 7) is 4.41. The van der Waals surface area contributed by atoms with Gasteiger partial charge in [0.15, 0.2) is 0 Å². The summed E-state index contributed by atoms with van der Waals surface area (Å²) in [5.41, 5.74) is 0.543. The first-order valence-corrected chi connectivity index (χ1v) is 8.63. The lowest BCUT2D eigenvalue weighted by atomic mass is 10.3. The van der Waals surface area contributed by atoms with E-state index in [4.69, 9.17) is 4.74 Å². The lowest BCUT2D eigenvalue weighted by Gasteiger charge is -2.38. The molecule has 10 nitrogen and oxygen atoms in total. The summed E-state index contributed by atoms with van der Waals surface area (Å²) in [5.74, 6) is 0.327. The van der Waals surface area contributed by atoms with Gasteiger partial charge in [-0.25, -0.2) is 4.79 Å². The number of amides is 2. The first-order chi connectivity index (χ1) is 12.6. The maximum Gasteiger partial charge on any atom is 0.372 e. The second kappa shape index (κ2) is 6.79. The monoisotopic (exact) mass is 360 g/mol. The minimum atomic E-state index is -0.402. The van der Waals surface area contributed by atoms with Crippen molar-refractivity contribution in [3.05, 3.63) is 34.5 Å². The summed E-state index contributed by atoms with van der Waals surface area (Å²) in [7, 11) is 0. The van der Waals surface area contributed by atoms with Crippen molar-refractivity contribution in [2.24, 2.45) is 0 Å². The van der Waals surface area contributed by atoms with Gasteiger partial charge in [0.05, 0.1) is 19.4 Å². The highest BCUT2D eigenvalue weighted by molar-refractivity contribution is 5.75. The number of ether oxygens (including phenoxy) is 1. The molecule has 2 aromatic rings. The van der Waals surface area contributed by atoms with Crippen molar-refractivity contribution in [2.45, 2.75) is 0 Å². The highest BCUT2D eigenvalue weighted by atomic mass is 16.6. The van der Waals surface area contributed by atoms with Crippen LogP contribution in [0.1, 0.15) is 0 Å². The molecule has 0 bridgehead atoms. The van der Waals surface area contributed by atoms with E-state index < -0.39 is 4.92 Å². The molecule has 2 aliphatic rings. The van der Waals surface area contributed by atoms with Gasteiger partial charge in [0, 0.05) is 45.3 Å². The molecule has 0 atom stereocenters. The molecule has 0 aliphatic carbocycles. The van der Waals surface area contributed by atoms with E-state index in [1.165, 1.54) is 4.40 Å². The Labute approximate surface area is 149 Å². The maximum atomic E-state index is 12.6. The van der Waals surface area contributed by atoms with Crippen LogP contribution in [-0.2, 0) is 4.74 Å². The molecule has 2 fully saturated rings. The van der Waals surface area contributed by atoms with Crippen LogP contribution in [-0.4, -0.2) is 82.6 Å². The van der Waals surface area contributed by atoms with Gasteiger partial charge in [-0.3, -0.25) is 0 Å². The minimum Gasteiger partial charge on any atom is -0.378 e. The number of fused-ring (bicyclic) bond motifs is 1. The van der Waals surface area contributed by atoms with Crippen molar-refractivity contribution in [1.29, 1.82) is 0 Å². The van der Waals surface area contributed by atoms with Gasteiger partial charge in [-0.2, -0.15) is 9.38 Å². The molecule has 0 unspecified atom stereocenters. The van der Waals surface area contributed by atoms with Crippen LogP contribution in [0.5, 0.6) is 0 Å². The Morgan fingerprint density at radius 3 is 2.46 bits per heavy atom. The van der Waals surface area contributed by atoms with Gasteiger partial charge in [-0.1, -0.05) is 6.07 Å². The number of morpholine rings is 1. The summed E-state index contributed by atoms with van der Waals surface area (Å²) in [4.78, 5) is 33.6. The summed E-state index contributed by atoms with van der Waals surface area (Å²) in [6.07, 6.45) is 1.64. The fourth-order valence-electron chi connectivity index (χ4n) is 3.42. The number of nitrogens with zero attached hydrogens (tertiary/aromatic N) is 6. The molecule has 0 aromatic carbocycles. The Bertz CT molecular complexity index is 823. The highest BCUT2D eigenvalue weighted by Crippen LogP contribution is 2.29. The fraction of sp³-hybridized carbons (Fsp3) is 0.500. The number of carbonyl (C=O) groups excluding carboxylic acids is 1. The van der Waals surface area contributed by atoms with E-state index in [-0.39, 0.29) is 11.8 Å². The second-order valence-electron chi connectivity index (χ2n) is 6.30.